The third-order valence-corrected chi connectivity index (χ3v) is 25.8. The summed E-state index contributed by atoms with van der Waals surface area (Å²) in [6.07, 6.45) is 33.5. The molecule has 0 aromatic carbocycles. The number of hydrogen-bond acceptors (Lipinski definition) is 2. The number of halogens is 2. The Morgan fingerprint density at radius 3 is 1.20 bits per heavy atom. The van der Waals surface area contributed by atoms with Crippen LogP contribution in [0.25, 0.3) is 0 Å². The minimum atomic E-state index is -1.69. The van der Waals surface area contributed by atoms with Crippen molar-refractivity contribution in [1.82, 2.24) is 0 Å². The van der Waals surface area contributed by atoms with E-state index in [-0.39, 0.29) is 87.8 Å². The molecule has 8 heteroatoms. The summed E-state index contributed by atoms with van der Waals surface area (Å²) in [5, 5.41) is 3.06. The Morgan fingerprint density at radius 1 is 0.640 bits per heavy atom. The van der Waals surface area contributed by atoms with E-state index in [1.165, 1.54) is 58.7 Å². The average Bonchev–Trinajstić information content (AvgIpc) is 3.71. The van der Waals surface area contributed by atoms with E-state index in [4.69, 9.17) is 0 Å². The van der Waals surface area contributed by atoms with E-state index in [0.717, 1.165) is 12.8 Å². The van der Waals surface area contributed by atoms with E-state index in [9.17, 15) is 0 Å². The summed E-state index contributed by atoms with van der Waals surface area (Å²) in [6.45, 7) is 33.8. The van der Waals surface area contributed by atoms with Crippen molar-refractivity contribution in [3.8, 4) is 0 Å². The molecule has 4 aliphatic rings. The number of allylic oxidation sites excluding steroid dienone is 14. The van der Waals surface area contributed by atoms with Gasteiger partial charge in [0.1, 0.15) is 0 Å². The van der Waals surface area contributed by atoms with Crippen LogP contribution in [0.5, 0.6) is 0 Å². The number of rotatable bonds is 10. The van der Waals surface area contributed by atoms with E-state index in [1.807, 2.05) is 0 Å². The van der Waals surface area contributed by atoms with Crippen LogP contribution in [0.1, 0.15) is 108 Å². The normalized spacial score (nSPS) is 23.2. The van der Waals surface area contributed by atoms with Gasteiger partial charge in [-0.2, -0.15) is 35.7 Å². The molecule has 0 spiro atoms. The SMILES string of the molecule is CCCSC1([Si](C)(C)C2=[C-]CC=C2)CC=C(C)C=C1C(C)(C)C.CCCSC1([Si](C)(C)C2=[C-]CC=C2)CC=C(C)C=C1C(C)(C)C.[Cl-].[Cl-].[Ti+2].[Ti+2]. The number of thioether (sulfide) groups is 2. The molecule has 0 fully saturated rings. The Kier molecular flexibility index (Phi) is 22.7. The van der Waals surface area contributed by atoms with Gasteiger partial charge in [0.05, 0.1) is 16.1 Å². The fraction of sp³-hybridized carbons (Fsp3) is 0.619. The van der Waals surface area contributed by atoms with Crippen LogP contribution in [-0.4, -0.2) is 36.4 Å². The average molecular weight is 858 g/mol. The van der Waals surface area contributed by atoms with Gasteiger partial charge in [0.25, 0.3) is 0 Å². The van der Waals surface area contributed by atoms with E-state index in [2.05, 4.69) is 180 Å². The molecule has 0 aliphatic heterocycles. The Labute approximate surface area is 362 Å². The Hall–Kier alpha value is 1.06. The van der Waals surface area contributed by atoms with Crippen LogP contribution in [0.4, 0.5) is 0 Å². The quantitative estimate of drug-likeness (QED) is 0.167. The van der Waals surface area contributed by atoms with Gasteiger partial charge in [-0.1, -0.05) is 128 Å². The van der Waals surface area contributed by atoms with Crippen LogP contribution in [0.2, 0.25) is 26.2 Å². The third-order valence-electron chi connectivity index (χ3n) is 10.5. The van der Waals surface area contributed by atoms with Crippen molar-refractivity contribution in [3.05, 3.63) is 93.4 Å². The van der Waals surface area contributed by atoms with Crippen LogP contribution in [0.3, 0.4) is 0 Å². The van der Waals surface area contributed by atoms with Crippen molar-refractivity contribution in [3.63, 3.8) is 0 Å². The summed E-state index contributed by atoms with van der Waals surface area (Å²) in [5.41, 5.74) is 6.62. The molecule has 0 radical (unpaired) electrons. The van der Waals surface area contributed by atoms with Crippen molar-refractivity contribution in [2.45, 2.75) is 143 Å². The van der Waals surface area contributed by atoms with Crippen LogP contribution in [0, 0.1) is 23.0 Å². The first-order valence-corrected chi connectivity index (χ1v) is 25.9. The van der Waals surface area contributed by atoms with Gasteiger partial charge < -0.3 is 24.8 Å². The van der Waals surface area contributed by atoms with Gasteiger partial charge in [0.2, 0.25) is 0 Å². The fourth-order valence-corrected chi connectivity index (χ4v) is 21.0. The topological polar surface area (TPSA) is 0 Å². The van der Waals surface area contributed by atoms with Gasteiger partial charge in [-0.3, -0.25) is 12.2 Å². The Bertz CT molecular complexity index is 1270. The molecule has 0 aromatic rings. The predicted octanol–water partition coefficient (Wildman–Crippen LogP) is 7.34. The van der Waals surface area contributed by atoms with Crippen LogP contribution in [-0.2, 0) is 43.4 Å². The second-order valence-electron chi connectivity index (χ2n) is 16.9. The molecule has 0 heterocycles. The second kappa shape index (κ2) is 21.4. The predicted molar refractivity (Wildman–Crippen MR) is 219 cm³/mol. The molecular formula is C42H66Cl2S2Si2Ti2. The molecule has 0 N–H and O–H groups in total. The van der Waals surface area contributed by atoms with Gasteiger partial charge in [-0.25, -0.2) is 22.5 Å². The maximum absolute atomic E-state index is 3.68. The standard InChI is InChI=1S/2C21H33SSi.2ClH.2Ti/c2*1-8-15-22-21(23(6,7)18-11-9-10-12-18)14-13-17(2)16-19(21)20(3,4)5;;;;/h2*9,11,13,16H,8,10,14-15H2,1-7H3;2*1H;;/q2*-1;;;2*+2/p-2. The van der Waals surface area contributed by atoms with Crippen LogP contribution < -0.4 is 24.8 Å². The molecule has 0 bridgehead atoms. The third kappa shape index (κ3) is 11.5. The van der Waals surface area contributed by atoms with Crippen molar-refractivity contribution in [2.75, 3.05) is 11.5 Å². The van der Waals surface area contributed by atoms with E-state index in [1.54, 1.807) is 11.1 Å². The molecule has 2 unspecified atom stereocenters. The van der Waals surface area contributed by atoms with Gasteiger partial charge in [-0.05, 0) is 61.9 Å². The van der Waals surface area contributed by atoms with Crippen molar-refractivity contribution in [1.29, 1.82) is 0 Å². The summed E-state index contributed by atoms with van der Waals surface area (Å²) >= 11 is 4.46. The molecule has 50 heavy (non-hydrogen) atoms. The number of hydrogen-bond donors (Lipinski definition) is 0. The minimum Gasteiger partial charge on any atom is -1.00 e. The van der Waals surface area contributed by atoms with Crippen molar-refractivity contribution < 1.29 is 68.2 Å². The van der Waals surface area contributed by atoms with Crippen LogP contribution >= 0.6 is 23.5 Å². The molecule has 4 rings (SSSR count). The molecule has 2 atom stereocenters. The first-order chi connectivity index (χ1) is 21.3. The summed E-state index contributed by atoms with van der Waals surface area (Å²) in [6, 6.07) is 0. The molecule has 0 saturated heterocycles. The van der Waals surface area contributed by atoms with E-state index in [0.29, 0.717) is 0 Å². The molecule has 0 amide bonds. The molecule has 276 valence electrons. The molecule has 0 aromatic heterocycles. The first kappa shape index (κ1) is 53.2. The smallest absolute Gasteiger partial charge is 1.00 e. The summed E-state index contributed by atoms with van der Waals surface area (Å²) < 4.78 is 0.523. The fourth-order valence-electron chi connectivity index (χ4n) is 7.75. The van der Waals surface area contributed by atoms with Gasteiger partial charge >= 0.3 is 43.4 Å². The molecule has 0 saturated carbocycles. The monoisotopic (exact) mass is 856 g/mol. The van der Waals surface area contributed by atoms with E-state index >= 15 is 0 Å². The summed E-state index contributed by atoms with van der Waals surface area (Å²) in [4.78, 5) is 0. The van der Waals surface area contributed by atoms with Crippen molar-refractivity contribution >= 4 is 39.7 Å². The zero-order valence-electron chi connectivity index (χ0n) is 33.8. The summed E-state index contributed by atoms with van der Waals surface area (Å²) in [7, 11) is -3.38. The van der Waals surface area contributed by atoms with E-state index < -0.39 is 16.1 Å². The van der Waals surface area contributed by atoms with Gasteiger partial charge in [-0.15, -0.1) is 12.8 Å². The van der Waals surface area contributed by atoms with Crippen molar-refractivity contribution in [2.24, 2.45) is 10.8 Å². The van der Waals surface area contributed by atoms with Gasteiger partial charge in [0, 0.05) is 8.74 Å². The Balaban J connectivity index is 0. The zero-order valence-corrected chi connectivity index (χ0v) is 42.1. The maximum Gasteiger partial charge on any atom is 2.00 e. The minimum absolute atomic E-state index is 0. The molecular weight excluding hydrogens is 791 g/mol. The first-order valence-electron chi connectivity index (χ1n) is 17.9. The largest absolute Gasteiger partial charge is 2.00 e. The zero-order chi connectivity index (χ0) is 34.6. The second-order valence-corrected chi connectivity index (χ2v) is 29.7. The summed E-state index contributed by atoms with van der Waals surface area (Å²) in [5.74, 6) is 2.49. The van der Waals surface area contributed by atoms with Crippen LogP contribution in [0.15, 0.2) is 81.3 Å². The molecule has 0 nitrogen and oxygen atoms in total. The Morgan fingerprint density at radius 2 is 0.960 bits per heavy atom. The van der Waals surface area contributed by atoms with Gasteiger partial charge in [0.15, 0.2) is 0 Å². The molecule has 4 aliphatic carbocycles. The maximum atomic E-state index is 3.68.